The van der Waals surface area contributed by atoms with Crippen LogP contribution in [0.1, 0.15) is 19.3 Å². The minimum absolute atomic E-state index is 0.826. The Bertz CT molecular complexity index is 181. The molecule has 0 amide bonds. The second-order valence-corrected chi connectivity index (χ2v) is 5.35. The van der Waals surface area contributed by atoms with Crippen molar-refractivity contribution < 1.29 is 0 Å². The van der Waals surface area contributed by atoms with Crippen LogP contribution in [-0.4, -0.2) is 62.7 Å². The van der Waals surface area contributed by atoms with Crippen LogP contribution in [0.5, 0.6) is 0 Å². The van der Waals surface area contributed by atoms with Crippen LogP contribution >= 0.6 is 0 Å². The lowest BCUT2D eigenvalue weighted by molar-refractivity contribution is 0.134. The van der Waals surface area contributed by atoms with Crippen molar-refractivity contribution in [2.75, 3.05) is 46.8 Å². The summed E-state index contributed by atoms with van der Waals surface area (Å²) in [5.74, 6) is 0.969. The highest BCUT2D eigenvalue weighted by atomic mass is 15.2. The summed E-state index contributed by atoms with van der Waals surface area (Å²) in [4.78, 5) is 5.03. The topological polar surface area (TPSA) is 18.5 Å². The molecule has 3 heteroatoms. The summed E-state index contributed by atoms with van der Waals surface area (Å²) in [6.45, 7) is 6.46. The van der Waals surface area contributed by atoms with Gasteiger partial charge >= 0.3 is 0 Å². The molecule has 88 valence electrons. The van der Waals surface area contributed by atoms with E-state index in [0.717, 1.165) is 12.0 Å². The highest BCUT2D eigenvalue weighted by molar-refractivity contribution is 4.80. The van der Waals surface area contributed by atoms with Gasteiger partial charge in [-0.25, -0.2) is 0 Å². The molecule has 0 aromatic rings. The minimum Gasteiger partial charge on any atom is -0.316 e. The third kappa shape index (κ3) is 3.16. The predicted octanol–water partition coefficient (Wildman–Crippen LogP) is 0.622. The Morgan fingerprint density at radius 1 is 1.20 bits per heavy atom. The van der Waals surface area contributed by atoms with Gasteiger partial charge in [0.1, 0.15) is 0 Å². The summed E-state index contributed by atoms with van der Waals surface area (Å²) < 4.78 is 0. The van der Waals surface area contributed by atoms with Gasteiger partial charge < -0.3 is 15.1 Å². The molecule has 15 heavy (non-hydrogen) atoms. The first-order valence-electron chi connectivity index (χ1n) is 6.35. The Labute approximate surface area is 93.8 Å². The van der Waals surface area contributed by atoms with Gasteiger partial charge in [-0.05, 0) is 72.0 Å². The Morgan fingerprint density at radius 3 is 2.33 bits per heavy atom. The first kappa shape index (κ1) is 11.4. The lowest BCUT2D eigenvalue weighted by Crippen LogP contribution is -2.46. The van der Waals surface area contributed by atoms with Crippen LogP contribution in [0.4, 0.5) is 0 Å². The molecular formula is C12H25N3. The lowest BCUT2D eigenvalue weighted by Gasteiger charge is -2.36. The molecule has 0 atom stereocenters. The van der Waals surface area contributed by atoms with Crippen molar-refractivity contribution in [1.29, 1.82) is 0 Å². The number of nitrogens with zero attached hydrogens (tertiary/aromatic N) is 2. The first-order chi connectivity index (χ1) is 7.25. The summed E-state index contributed by atoms with van der Waals surface area (Å²) in [6.07, 6.45) is 4.12. The fourth-order valence-electron chi connectivity index (χ4n) is 2.58. The number of nitrogens with one attached hydrogen (secondary N) is 1. The third-order valence-corrected chi connectivity index (χ3v) is 4.01. The zero-order chi connectivity index (χ0) is 10.7. The van der Waals surface area contributed by atoms with Crippen molar-refractivity contribution in [3.63, 3.8) is 0 Å². The highest BCUT2D eigenvalue weighted by Gasteiger charge is 2.22. The molecule has 2 saturated heterocycles. The SMILES string of the molecule is CN(C)C1CCN(CCC2CNC2)CC1. The van der Waals surface area contributed by atoms with Crippen molar-refractivity contribution in [2.24, 2.45) is 5.92 Å². The predicted molar refractivity (Wildman–Crippen MR) is 64.1 cm³/mol. The molecule has 0 radical (unpaired) electrons. The van der Waals surface area contributed by atoms with E-state index in [1.165, 1.54) is 52.0 Å². The Morgan fingerprint density at radius 2 is 1.87 bits per heavy atom. The van der Waals surface area contributed by atoms with Gasteiger partial charge in [0.15, 0.2) is 0 Å². The van der Waals surface area contributed by atoms with Gasteiger partial charge in [-0.2, -0.15) is 0 Å². The van der Waals surface area contributed by atoms with Crippen LogP contribution in [-0.2, 0) is 0 Å². The van der Waals surface area contributed by atoms with Crippen molar-refractivity contribution in [3.05, 3.63) is 0 Å². The number of rotatable bonds is 4. The highest BCUT2D eigenvalue weighted by Crippen LogP contribution is 2.16. The van der Waals surface area contributed by atoms with E-state index in [1.54, 1.807) is 0 Å². The van der Waals surface area contributed by atoms with Gasteiger partial charge in [0.2, 0.25) is 0 Å². The normalized spacial score (nSPS) is 25.8. The Hall–Kier alpha value is -0.120. The zero-order valence-corrected chi connectivity index (χ0v) is 10.2. The molecule has 2 fully saturated rings. The standard InChI is InChI=1S/C12H25N3/c1-14(2)12-4-7-15(8-5-12)6-3-11-9-13-10-11/h11-13H,3-10H2,1-2H3. The molecule has 2 heterocycles. The second-order valence-electron chi connectivity index (χ2n) is 5.35. The van der Waals surface area contributed by atoms with Gasteiger partial charge in [0.05, 0.1) is 0 Å². The van der Waals surface area contributed by atoms with E-state index >= 15 is 0 Å². The number of hydrogen-bond acceptors (Lipinski definition) is 3. The summed E-state index contributed by atoms with van der Waals surface area (Å²) in [5.41, 5.74) is 0. The second kappa shape index (κ2) is 5.28. The molecule has 0 unspecified atom stereocenters. The maximum atomic E-state index is 3.35. The molecule has 2 aliphatic heterocycles. The van der Waals surface area contributed by atoms with Crippen LogP contribution in [0.2, 0.25) is 0 Å². The van der Waals surface area contributed by atoms with E-state index in [4.69, 9.17) is 0 Å². The number of hydrogen-bond donors (Lipinski definition) is 1. The smallest absolute Gasteiger partial charge is 0.0113 e. The molecule has 0 spiro atoms. The van der Waals surface area contributed by atoms with Crippen molar-refractivity contribution in [3.8, 4) is 0 Å². The molecule has 0 saturated carbocycles. The Balaban J connectivity index is 1.60. The summed E-state index contributed by atoms with van der Waals surface area (Å²) in [7, 11) is 4.42. The number of piperidine rings is 1. The van der Waals surface area contributed by atoms with Crippen LogP contribution in [0.3, 0.4) is 0 Å². The Kier molecular flexibility index (Phi) is 4.00. The molecule has 1 N–H and O–H groups in total. The van der Waals surface area contributed by atoms with E-state index in [-0.39, 0.29) is 0 Å². The number of likely N-dealkylation sites (tertiary alicyclic amines) is 1. The lowest BCUT2D eigenvalue weighted by atomic mass is 9.98. The molecule has 2 aliphatic rings. The van der Waals surface area contributed by atoms with E-state index in [9.17, 15) is 0 Å². The van der Waals surface area contributed by atoms with E-state index < -0.39 is 0 Å². The van der Waals surface area contributed by atoms with Crippen LogP contribution in [0, 0.1) is 5.92 Å². The average molecular weight is 211 g/mol. The van der Waals surface area contributed by atoms with Crippen LogP contribution in [0.25, 0.3) is 0 Å². The molecule has 2 rings (SSSR count). The van der Waals surface area contributed by atoms with Gasteiger partial charge in [-0.15, -0.1) is 0 Å². The van der Waals surface area contributed by atoms with E-state index in [2.05, 4.69) is 29.2 Å². The van der Waals surface area contributed by atoms with Gasteiger partial charge in [0.25, 0.3) is 0 Å². The quantitative estimate of drug-likeness (QED) is 0.735. The van der Waals surface area contributed by atoms with Crippen molar-refractivity contribution >= 4 is 0 Å². The molecular weight excluding hydrogens is 186 g/mol. The van der Waals surface area contributed by atoms with E-state index in [0.29, 0.717) is 0 Å². The van der Waals surface area contributed by atoms with E-state index in [1.807, 2.05) is 0 Å². The molecule has 0 aromatic heterocycles. The molecule has 0 aromatic carbocycles. The summed E-state index contributed by atoms with van der Waals surface area (Å²) in [6, 6.07) is 0.826. The fraction of sp³-hybridized carbons (Fsp3) is 1.00. The molecule has 0 aliphatic carbocycles. The maximum Gasteiger partial charge on any atom is 0.0113 e. The molecule has 0 bridgehead atoms. The maximum absolute atomic E-state index is 3.35. The monoisotopic (exact) mass is 211 g/mol. The van der Waals surface area contributed by atoms with Crippen molar-refractivity contribution in [2.45, 2.75) is 25.3 Å². The van der Waals surface area contributed by atoms with Crippen LogP contribution < -0.4 is 5.32 Å². The largest absolute Gasteiger partial charge is 0.316 e. The van der Waals surface area contributed by atoms with Gasteiger partial charge in [0, 0.05) is 6.04 Å². The van der Waals surface area contributed by atoms with Crippen molar-refractivity contribution in [1.82, 2.24) is 15.1 Å². The minimum atomic E-state index is 0.826. The first-order valence-corrected chi connectivity index (χ1v) is 6.35. The zero-order valence-electron chi connectivity index (χ0n) is 10.2. The summed E-state index contributed by atoms with van der Waals surface area (Å²) in [5, 5.41) is 3.35. The van der Waals surface area contributed by atoms with Gasteiger partial charge in [-0.3, -0.25) is 0 Å². The summed E-state index contributed by atoms with van der Waals surface area (Å²) >= 11 is 0. The fourth-order valence-corrected chi connectivity index (χ4v) is 2.58. The molecule has 3 nitrogen and oxygen atoms in total. The third-order valence-electron chi connectivity index (χ3n) is 4.01. The van der Waals surface area contributed by atoms with Gasteiger partial charge in [-0.1, -0.05) is 0 Å². The average Bonchev–Trinajstić information content (AvgIpc) is 2.16. The van der Waals surface area contributed by atoms with Crippen LogP contribution in [0.15, 0.2) is 0 Å².